The molecule has 0 fully saturated rings. The predicted octanol–water partition coefficient (Wildman–Crippen LogP) is 11.7. The molecule has 44 heavy (non-hydrogen) atoms. The summed E-state index contributed by atoms with van der Waals surface area (Å²) in [7, 11) is 0. The summed E-state index contributed by atoms with van der Waals surface area (Å²) in [5.74, 6) is 0.300. The van der Waals surface area contributed by atoms with Crippen LogP contribution in [0.25, 0.3) is 32.7 Å². The van der Waals surface area contributed by atoms with Crippen molar-refractivity contribution in [3.63, 3.8) is 0 Å². The predicted molar refractivity (Wildman–Crippen MR) is 188 cm³/mol. The van der Waals surface area contributed by atoms with Crippen LogP contribution in [0, 0.1) is 0 Å². The molecule has 9 rings (SSSR count). The van der Waals surface area contributed by atoms with Crippen molar-refractivity contribution in [2.75, 3.05) is 0 Å². The van der Waals surface area contributed by atoms with E-state index in [9.17, 15) is 0 Å². The minimum Gasteiger partial charge on any atom is -0.0619 e. The van der Waals surface area contributed by atoms with Gasteiger partial charge in [-0.2, -0.15) is 0 Å². The summed E-state index contributed by atoms with van der Waals surface area (Å²) in [5, 5.41) is 5.15. The van der Waals surface area contributed by atoms with Crippen molar-refractivity contribution in [2.24, 2.45) is 0 Å². The Labute approximate surface area is 267 Å². The molecular weight excluding hydrogens is 596 g/mol. The van der Waals surface area contributed by atoms with Gasteiger partial charge < -0.3 is 0 Å². The van der Waals surface area contributed by atoms with E-state index < -0.39 is 0 Å². The molecule has 0 aliphatic heterocycles. The quantitative estimate of drug-likeness (QED) is 0.179. The van der Waals surface area contributed by atoms with E-state index in [1.165, 1.54) is 77.2 Å². The zero-order valence-corrected chi connectivity index (χ0v) is 26.4. The van der Waals surface area contributed by atoms with E-state index in [0.29, 0.717) is 0 Å². The highest BCUT2D eigenvalue weighted by molar-refractivity contribution is 9.10. The summed E-state index contributed by atoms with van der Waals surface area (Å²) in [6, 6.07) is 52.7. The Hall–Kier alpha value is -4.46. The third-order valence-electron chi connectivity index (χ3n) is 10.3. The summed E-state index contributed by atoms with van der Waals surface area (Å²) >= 11 is 3.77. The third-order valence-corrected chi connectivity index (χ3v) is 10.8. The molecular formula is C43H31Br. The van der Waals surface area contributed by atoms with Gasteiger partial charge in [0.2, 0.25) is 0 Å². The molecule has 0 saturated heterocycles. The molecule has 2 aliphatic carbocycles. The summed E-state index contributed by atoms with van der Waals surface area (Å²) in [5.41, 5.74) is 13.8. The lowest BCUT2D eigenvalue weighted by atomic mass is 9.66. The minimum absolute atomic E-state index is 0.0905. The molecule has 1 heteroatoms. The van der Waals surface area contributed by atoms with E-state index in [4.69, 9.17) is 0 Å². The van der Waals surface area contributed by atoms with Crippen LogP contribution in [-0.2, 0) is 5.41 Å². The van der Waals surface area contributed by atoms with Gasteiger partial charge in [0.05, 0.1) is 0 Å². The monoisotopic (exact) mass is 626 g/mol. The Morgan fingerprint density at radius 3 is 1.52 bits per heavy atom. The van der Waals surface area contributed by atoms with Crippen molar-refractivity contribution < 1.29 is 0 Å². The van der Waals surface area contributed by atoms with Crippen LogP contribution in [0.2, 0.25) is 0 Å². The summed E-state index contributed by atoms with van der Waals surface area (Å²) in [4.78, 5) is 0. The summed E-state index contributed by atoms with van der Waals surface area (Å²) < 4.78 is 1.14. The van der Waals surface area contributed by atoms with Crippen molar-refractivity contribution in [1.82, 2.24) is 0 Å². The second-order valence-corrected chi connectivity index (χ2v) is 14.0. The topological polar surface area (TPSA) is 0 Å². The fourth-order valence-corrected chi connectivity index (χ4v) is 8.51. The fraction of sp³-hybridized carbons (Fsp3) is 0.116. The lowest BCUT2D eigenvalue weighted by Gasteiger charge is -2.36. The maximum Gasteiger partial charge on any atom is 0.0346 e. The molecule has 0 nitrogen and oxygen atoms in total. The highest BCUT2D eigenvalue weighted by Gasteiger charge is 2.40. The Morgan fingerprint density at radius 1 is 0.432 bits per heavy atom. The largest absolute Gasteiger partial charge is 0.0619 e. The molecule has 2 unspecified atom stereocenters. The van der Waals surface area contributed by atoms with Gasteiger partial charge in [-0.1, -0.05) is 151 Å². The van der Waals surface area contributed by atoms with Crippen LogP contribution in [0.3, 0.4) is 0 Å². The summed E-state index contributed by atoms with van der Waals surface area (Å²) in [6.07, 6.45) is 0. The Balaban J connectivity index is 1.36. The van der Waals surface area contributed by atoms with Crippen LogP contribution in [0.15, 0.2) is 144 Å². The van der Waals surface area contributed by atoms with Gasteiger partial charge in [0.1, 0.15) is 0 Å². The van der Waals surface area contributed by atoms with Gasteiger partial charge >= 0.3 is 0 Å². The van der Waals surface area contributed by atoms with Gasteiger partial charge in [-0.3, -0.25) is 0 Å². The number of hydrogen-bond donors (Lipinski definition) is 0. The van der Waals surface area contributed by atoms with Crippen LogP contribution in [0.1, 0.15) is 70.2 Å². The molecule has 2 aliphatic rings. The van der Waals surface area contributed by atoms with Gasteiger partial charge in [-0.15, -0.1) is 0 Å². The Morgan fingerprint density at radius 2 is 0.932 bits per heavy atom. The van der Waals surface area contributed by atoms with E-state index in [1.807, 2.05) is 0 Å². The van der Waals surface area contributed by atoms with Crippen LogP contribution >= 0.6 is 15.9 Å². The zero-order valence-electron chi connectivity index (χ0n) is 24.8. The zero-order chi connectivity index (χ0) is 29.6. The van der Waals surface area contributed by atoms with E-state index in [2.05, 4.69) is 169 Å². The second-order valence-electron chi connectivity index (χ2n) is 13.0. The first-order chi connectivity index (χ1) is 21.5. The summed E-state index contributed by atoms with van der Waals surface area (Å²) in [6.45, 7) is 4.78. The fourth-order valence-electron chi connectivity index (χ4n) is 8.15. The van der Waals surface area contributed by atoms with Gasteiger partial charge in [0.25, 0.3) is 0 Å². The van der Waals surface area contributed by atoms with Crippen molar-refractivity contribution in [3.05, 3.63) is 189 Å². The van der Waals surface area contributed by atoms with Gasteiger partial charge in [0.15, 0.2) is 0 Å². The Bertz CT molecular complexity index is 2290. The maximum absolute atomic E-state index is 3.77. The van der Waals surface area contributed by atoms with E-state index in [0.717, 1.165) is 4.47 Å². The molecule has 0 aromatic heterocycles. The van der Waals surface area contributed by atoms with Crippen molar-refractivity contribution >= 4 is 37.5 Å². The van der Waals surface area contributed by atoms with Crippen LogP contribution in [0.4, 0.5) is 0 Å². The molecule has 0 bridgehead atoms. The molecule has 2 atom stereocenters. The molecule has 0 saturated carbocycles. The van der Waals surface area contributed by atoms with Crippen LogP contribution in [-0.4, -0.2) is 0 Å². The van der Waals surface area contributed by atoms with Crippen molar-refractivity contribution in [1.29, 1.82) is 0 Å². The molecule has 0 radical (unpaired) electrons. The lowest BCUT2D eigenvalue weighted by Crippen LogP contribution is -2.22. The smallest absolute Gasteiger partial charge is 0.0346 e. The first-order valence-corrected chi connectivity index (χ1v) is 16.3. The second kappa shape index (κ2) is 9.52. The van der Waals surface area contributed by atoms with E-state index in [1.54, 1.807) is 0 Å². The van der Waals surface area contributed by atoms with E-state index in [-0.39, 0.29) is 17.3 Å². The molecule has 0 heterocycles. The first-order valence-electron chi connectivity index (χ1n) is 15.5. The Kier molecular flexibility index (Phi) is 5.62. The standard InChI is InChI=1S/C43H31Br/c1-43(2)39-23-32(44)19-20-33(39)36-24-37-38(25-40(36)43)42(31-18-16-27-10-4-6-12-29(27)22-31)35-14-8-7-13-34(35)41(37)30-17-15-26-9-3-5-11-28(26)21-30/h3-25,41-42H,1-2H3. The number of halogens is 1. The highest BCUT2D eigenvalue weighted by Crippen LogP contribution is 2.56. The maximum atomic E-state index is 3.77. The molecule has 0 spiro atoms. The highest BCUT2D eigenvalue weighted by atomic mass is 79.9. The van der Waals surface area contributed by atoms with Crippen LogP contribution < -0.4 is 0 Å². The number of benzene rings is 7. The number of hydrogen-bond acceptors (Lipinski definition) is 0. The van der Waals surface area contributed by atoms with E-state index >= 15 is 0 Å². The van der Waals surface area contributed by atoms with Gasteiger partial charge in [-0.25, -0.2) is 0 Å². The molecule has 0 N–H and O–H groups in total. The van der Waals surface area contributed by atoms with Crippen molar-refractivity contribution in [2.45, 2.75) is 31.1 Å². The third kappa shape index (κ3) is 3.75. The number of rotatable bonds is 2. The molecule has 7 aromatic rings. The van der Waals surface area contributed by atoms with Crippen molar-refractivity contribution in [3.8, 4) is 11.1 Å². The molecule has 0 amide bonds. The first kappa shape index (κ1) is 26.0. The minimum atomic E-state index is -0.0905. The average Bonchev–Trinajstić information content (AvgIpc) is 3.27. The molecule has 7 aromatic carbocycles. The normalized spacial score (nSPS) is 17.6. The SMILES string of the molecule is CC1(C)c2cc(Br)ccc2-c2cc3c(cc21)C(c1ccc2ccccc2c1)c1ccccc1C3c1ccc2ccccc2c1. The molecule has 210 valence electrons. The number of fused-ring (bicyclic) bond motifs is 7. The van der Waals surface area contributed by atoms with Crippen LogP contribution in [0.5, 0.6) is 0 Å². The van der Waals surface area contributed by atoms with Gasteiger partial charge in [0, 0.05) is 21.7 Å². The average molecular weight is 628 g/mol. The van der Waals surface area contributed by atoms with Gasteiger partial charge in [-0.05, 0) is 95.4 Å². The lowest BCUT2D eigenvalue weighted by molar-refractivity contribution is 0.656.